The molecule has 1 aliphatic rings. The molecule has 2 heterocycles. The predicted octanol–water partition coefficient (Wildman–Crippen LogP) is 2.20. The van der Waals surface area contributed by atoms with E-state index < -0.39 is 0 Å². The van der Waals surface area contributed by atoms with Crippen molar-refractivity contribution in [1.29, 1.82) is 0 Å². The van der Waals surface area contributed by atoms with Crippen LogP contribution in [0.4, 0.5) is 5.82 Å². The highest BCUT2D eigenvalue weighted by Gasteiger charge is 2.34. The van der Waals surface area contributed by atoms with Crippen LogP contribution in [0.2, 0.25) is 0 Å². The quantitative estimate of drug-likeness (QED) is 0.789. The summed E-state index contributed by atoms with van der Waals surface area (Å²) in [6, 6.07) is 0.130. The maximum Gasteiger partial charge on any atom is 0.293 e. The summed E-state index contributed by atoms with van der Waals surface area (Å²) in [5.74, 6) is 0.517. The first kappa shape index (κ1) is 15.5. The van der Waals surface area contributed by atoms with E-state index in [-0.39, 0.29) is 23.3 Å². The maximum atomic E-state index is 12.5. The monoisotopic (exact) mass is 343 g/mol. The van der Waals surface area contributed by atoms with Crippen molar-refractivity contribution in [3.8, 4) is 0 Å². The Morgan fingerprint density at radius 2 is 2.25 bits per heavy atom. The number of hydrogen-bond donors (Lipinski definition) is 0. The second-order valence-corrected chi connectivity index (χ2v) is 6.74. The first-order valence-corrected chi connectivity index (χ1v) is 8.02. The average Bonchev–Trinajstić information content (AvgIpc) is 2.36. The molecule has 1 atom stereocenters. The zero-order valence-corrected chi connectivity index (χ0v) is 14.1. The summed E-state index contributed by atoms with van der Waals surface area (Å²) in [5.41, 5.74) is -0.322. The van der Waals surface area contributed by atoms with E-state index >= 15 is 0 Å². The van der Waals surface area contributed by atoms with Gasteiger partial charge in [0.15, 0.2) is 5.82 Å². The molecule has 1 aromatic heterocycles. The Balaban J connectivity index is 2.36. The molecule has 0 saturated carbocycles. The van der Waals surface area contributed by atoms with E-state index in [4.69, 9.17) is 4.74 Å². The van der Waals surface area contributed by atoms with Crippen LogP contribution in [-0.2, 0) is 4.74 Å². The SMILES string of the molecule is CC(C)n1ccnc(N2CC(CBr)OC(C)(C)C2)c1=O. The van der Waals surface area contributed by atoms with Crippen LogP contribution in [0.5, 0.6) is 0 Å². The molecule has 0 radical (unpaired) electrons. The molecule has 0 aliphatic carbocycles. The molecule has 1 aliphatic heterocycles. The van der Waals surface area contributed by atoms with E-state index in [0.717, 1.165) is 5.33 Å². The van der Waals surface area contributed by atoms with Crippen molar-refractivity contribution in [2.24, 2.45) is 0 Å². The fourth-order valence-electron chi connectivity index (χ4n) is 2.58. The van der Waals surface area contributed by atoms with Gasteiger partial charge in [-0.2, -0.15) is 0 Å². The van der Waals surface area contributed by atoms with Crippen LogP contribution in [0.25, 0.3) is 0 Å². The van der Waals surface area contributed by atoms with Gasteiger partial charge in [-0.1, -0.05) is 15.9 Å². The Morgan fingerprint density at radius 3 is 2.85 bits per heavy atom. The summed E-state index contributed by atoms with van der Waals surface area (Å²) in [4.78, 5) is 18.9. The van der Waals surface area contributed by atoms with Crippen molar-refractivity contribution in [2.45, 2.75) is 45.4 Å². The molecule has 0 spiro atoms. The Labute approximate surface area is 128 Å². The van der Waals surface area contributed by atoms with Gasteiger partial charge in [0.2, 0.25) is 0 Å². The van der Waals surface area contributed by atoms with Gasteiger partial charge in [-0.3, -0.25) is 4.79 Å². The lowest BCUT2D eigenvalue weighted by Gasteiger charge is -2.42. The van der Waals surface area contributed by atoms with Crippen LogP contribution in [0.3, 0.4) is 0 Å². The van der Waals surface area contributed by atoms with Gasteiger partial charge in [0.25, 0.3) is 5.56 Å². The van der Waals surface area contributed by atoms with Crippen molar-refractivity contribution < 1.29 is 4.74 Å². The summed E-state index contributed by atoms with van der Waals surface area (Å²) in [7, 11) is 0. The van der Waals surface area contributed by atoms with Crippen molar-refractivity contribution >= 4 is 21.7 Å². The van der Waals surface area contributed by atoms with E-state index in [2.05, 4.69) is 20.9 Å². The van der Waals surface area contributed by atoms with Crippen molar-refractivity contribution in [3.63, 3.8) is 0 Å². The number of rotatable bonds is 3. The number of anilines is 1. The third-order valence-electron chi connectivity index (χ3n) is 3.36. The van der Waals surface area contributed by atoms with Crippen molar-refractivity contribution in [1.82, 2.24) is 9.55 Å². The molecule has 1 aromatic rings. The van der Waals surface area contributed by atoms with Gasteiger partial charge in [0.05, 0.1) is 11.7 Å². The van der Waals surface area contributed by atoms with E-state index in [0.29, 0.717) is 18.9 Å². The molecule has 1 fully saturated rings. The fraction of sp³-hybridized carbons (Fsp3) is 0.714. The largest absolute Gasteiger partial charge is 0.368 e. The topological polar surface area (TPSA) is 47.4 Å². The molecule has 0 amide bonds. The molecular formula is C14H22BrN3O2. The minimum absolute atomic E-state index is 0.0338. The summed E-state index contributed by atoms with van der Waals surface area (Å²) >= 11 is 3.46. The summed E-state index contributed by atoms with van der Waals surface area (Å²) in [5, 5.41) is 0.748. The average molecular weight is 344 g/mol. The van der Waals surface area contributed by atoms with E-state index in [9.17, 15) is 4.79 Å². The molecule has 5 nitrogen and oxygen atoms in total. The highest BCUT2D eigenvalue weighted by atomic mass is 79.9. The molecule has 0 N–H and O–H groups in total. The maximum absolute atomic E-state index is 12.5. The zero-order chi connectivity index (χ0) is 14.9. The number of nitrogens with zero attached hydrogens (tertiary/aromatic N) is 3. The molecule has 20 heavy (non-hydrogen) atoms. The Morgan fingerprint density at radius 1 is 1.55 bits per heavy atom. The zero-order valence-electron chi connectivity index (χ0n) is 12.5. The van der Waals surface area contributed by atoms with Gasteiger partial charge in [0.1, 0.15) is 0 Å². The molecule has 0 aromatic carbocycles. The van der Waals surface area contributed by atoms with Crippen LogP contribution in [0.1, 0.15) is 33.7 Å². The standard InChI is InChI=1S/C14H22BrN3O2/c1-10(2)18-6-5-16-12(13(18)19)17-8-11(7-15)20-14(3,4)9-17/h5-6,10-11H,7-9H2,1-4H3. The van der Waals surface area contributed by atoms with Crippen LogP contribution in [-0.4, -0.2) is 39.7 Å². The summed E-state index contributed by atoms with van der Waals surface area (Å²) < 4.78 is 7.68. The summed E-state index contributed by atoms with van der Waals surface area (Å²) in [6.45, 7) is 9.42. The number of hydrogen-bond acceptors (Lipinski definition) is 4. The van der Waals surface area contributed by atoms with Gasteiger partial charge >= 0.3 is 0 Å². The first-order chi connectivity index (χ1) is 9.34. The number of morpholine rings is 1. The molecule has 0 bridgehead atoms. The normalized spacial score (nSPS) is 22.3. The molecule has 1 saturated heterocycles. The second kappa shape index (κ2) is 5.85. The van der Waals surface area contributed by atoms with Gasteiger partial charge in [-0.15, -0.1) is 0 Å². The molecule has 1 unspecified atom stereocenters. The molecular weight excluding hydrogens is 322 g/mol. The minimum Gasteiger partial charge on any atom is -0.368 e. The fourth-order valence-corrected chi connectivity index (χ4v) is 2.91. The Hall–Kier alpha value is -0.880. The van der Waals surface area contributed by atoms with Gasteiger partial charge in [-0.05, 0) is 27.7 Å². The highest BCUT2D eigenvalue weighted by molar-refractivity contribution is 9.09. The van der Waals surface area contributed by atoms with Gasteiger partial charge < -0.3 is 14.2 Å². The van der Waals surface area contributed by atoms with Crippen molar-refractivity contribution in [2.75, 3.05) is 23.3 Å². The van der Waals surface area contributed by atoms with Gasteiger partial charge in [-0.25, -0.2) is 4.98 Å². The third-order valence-corrected chi connectivity index (χ3v) is 4.08. The van der Waals surface area contributed by atoms with Crippen LogP contribution in [0, 0.1) is 0 Å². The molecule has 6 heteroatoms. The van der Waals surface area contributed by atoms with E-state index in [1.54, 1.807) is 17.0 Å². The molecule has 2 rings (SSSR count). The molecule has 112 valence electrons. The summed E-state index contributed by atoms with van der Waals surface area (Å²) in [6.07, 6.45) is 3.50. The lowest BCUT2D eigenvalue weighted by molar-refractivity contribution is -0.0726. The smallest absolute Gasteiger partial charge is 0.293 e. The van der Waals surface area contributed by atoms with Crippen LogP contribution < -0.4 is 10.5 Å². The van der Waals surface area contributed by atoms with E-state index in [1.165, 1.54) is 0 Å². The van der Waals surface area contributed by atoms with Crippen LogP contribution in [0.15, 0.2) is 17.2 Å². The minimum atomic E-state index is -0.288. The number of alkyl halides is 1. The van der Waals surface area contributed by atoms with Crippen molar-refractivity contribution in [3.05, 3.63) is 22.7 Å². The lowest BCUT2D eigenvalue weighted by Crippen LogP contribution is -2.55. The van der Waals surface area contributed by atoms with Crippen LogP contribution >= 0.6 is 15.9 Å². The second-order valence-electron chi connectivity index (χ2n) is 6.09. The number of halogens is 1. The lowest BCUT2D eigenvalue weighted by atomic mass is 10.1. The van der Waals surface area contributed by atoms with E-state index in [1.807, 2.05) is 32.6 Å². The number of aromatic nitrogens is 2. The third kappa shape index (κ3) is 3.23. The Bertz CT molecular complexity index is 527. The highest BCUT2D eigenvalue weighted by Crippen LogP contribution is 2.24. The Kier molecular flexibility index (Phi) is 4.54. The predicted molar refractivity (Wildman–Crippen MR) is 83.8 cm³/mol. The number of ether oxygens (including phenoxy) is 1. The first-order valence-electron chi connectivity index (χ1n) is 6.90. The van der Waals surface area contributed by atoms with Gasteiger partial charge in [0, 0.05) is 36.9 Å².